The lowest BCUT2D eigenvalue weighted by Gasteiger charge is -2.22. The quantitative estimate of drug-likeness (QED) is 0.105. The van der Waals surface area contributed by atoms with E-state index in [2.05, 4.69) is 471 Å². The van der Waals surface area contributed by atoms with Crippen LogP contribution in [-0.2, 0) is 10.8 Å². The summed E-state index contributed by atoms with van der Waals surface area (Å²) in [6.45, 7) is 9.25. The van der Waals surface area contributed by atoms with E-state index in [1.165, 1.54) is 132 Å². The summed E-state index contributed by atoms with van der Waals surface area (Å²) >= 11 is 0. The Labute approximate surface area is 801 Å². The van der Waals surface area contributed by atoms with E-state index in [1.807, 2.05) is 30.3 Å². The van der Waals surface area contributed by atoms with Gasteiger partial charge in [0.2, 0.25) is 0 Å². The van der Waals surface area contributed by atoms with Gasteiger partial charge < -0.3 is 0 Å². The molecule has 0 N–H and O–H groups in total. The molecule has 8 nitrogen and oxygen atoms in total. The van der Waals surface area contributed by atoms with Crippen LogP contribution >= 0.6 is 0 Å². The predicted molar refractivity (Wildman–Crippen MR) is 573 cm³/mol. The average molecular weight is 1760 g/mol. The van der Waals surface area contributed by atoms with Crippen molar-refractivity contribution in [1.29, 1.82) is 0 Å². The predicted octanol–water partition coefficient (Wildman–Crippen LogP) is 33.4. The van der Waals surface area contributed by atoms with Crippen molar-refractivity contribution in [2.24, 2.45) is 0 Å². The molecule has 24 aromatic rings. The van der Waals surface area contributed by atoms with Crippen molar-refractivity contribution in [2.75, 3.05) is 0 Å². The lowest BCUT2D eigenvalue weighted by molar-refractivity contribution is 0.660. The third-order valence-electron chi connectivity index (χ3n) is 27.8. The molecule has 0 spiro atoms. The first-order valence-electron chi connectivity index (χ1n) is 47.2. The number of aromatic nitrogens is 8. The third kappa shape index (κ3) is 15.6. The summed E-state index contributed by atoms with van der Waals surface area (Å²) < 4.78 is 0. The standard InChI is InChI=1S/C46H30N2.C44H31N3.C40H29N3/c1-4-16-38-31(10-1)13-7-19-40(38)34-22-26-36(27-23-34)44-30-45(48-46(47-44)43-21-9-15-33-12-3-6-18-42(33)43)37-28-24-35(25-29-37)41-20-8-14-32-11-2-5-17-39(32)41;1-44(2)39-15-9-8-14-37(39)38-25-23-34(27-40(38)44)43-46-41(31-19-16-29(17-20-31)28-10-4-3-5-11-28)45-42(47-43)33-22-24-36-32(26-33)21-18-30-12-6-7-13-35(30)36;1-40(2)34-24-22-28-13-9-10-16-32(28)36(34)33-23-21-31(25-35(33)40)39-42-37(29-14-7-4-8-15-29)41-38(43-39)30-19-17-27(18-20-30)26-11-5-3-6-12-26/h1-30H;3-27H,1-2H3;3-25H,1-2H3. The summed E-state index contributed by atoms with van der Waals surface area (Å²) in [6.07, 6.45) is 0. The topological polar surface area (TPSA) is 103 Å². The van der Waals surface area contributed by atoms with E-state index in [1.54, 1.807) is 0 Å². The Morgan fingerprint density at radius 2 is 0.428 bits per heavy atom. The molecule has 2 aliphatic rings. The van der Waals surface area contributed by atoms with Crippen LogP contribution in [0.15, 0.2) is 473 Å². The molecule has 0 bridgehead atoms. The Bertz CT molecular complexity index is 8690. The van der Waals surface area contributed by atoms with Gasteiger partial charge in [-0.05, 0) is 178 Å². The smallest absolute Gasteiger partial charge is 0.164 e. The van der Waals surface area contributed by atoms with E-state index in [4.69, 9.17) is 39.9 Å². The zero-order chi connectivity index (χ0) is 92.4. The molecule has 0 amide bonds. The van der Waals surface area contributed by atoms with Crippen LogP contribution in [0.3, 0.4) is 0 Å². The Hall–Kier alpha value is -17.7. The van der Waals surface area contributed by atoms with Gasteiger partial charge >= 0.3 is 0 Å². The van der Waals surface area contributed by atoms with Gasteiger partial charge in [-0.15, -0.1) is 0 Å². The van der Waals surface area contributed by atoms with Gasteiger partial charge in [0.15, 0.2) is 40.8 Å². The van der Waals surface area contributed by atoms with Crippen LogP contribution in [0.25, 0.3) is 234 Å². The Balaban J connectivity index is 0.000000113. The van der Waals surface area contributed by atoms with E-state index in [0.29, 0.717) is 34.9 Å². The van der Waals surface area contributed by atoms with Crippen LogP contribution in [-0.4, -0.2) is 39.9 Å². The van der Waals surface area contributed by atoms with Gasteiger partial charge in [0, 0.05) is 60.9 Å². The van der Waals surface area contributed by atoms with Gasteiger partial charge in [-0.1, -0.05) is 477 Å². The molecular weight excluding hydrogens is 1670 g/mol. The molecule has 650 valence electrons. The summed E-state index contributed by atoms with van der Waals surface area (Å²) in [5, 5.41) is 14.7. The molecule has 0 radical (unpaired) electrons. The van der Waals surface area contributed by atoms with Crippen molar-refractivity contribution in [1.82, 2.24) is 39.9 Å². The van der Waals surface area contributed by atoms with Crippen LogP contribution in [0, 0.1) is 0 Å². The summed E-state index contributed by atoms with van der Waals surface area (Å²) in [6, 6.07) is 167. The Morgan fingerprint density at radius 1 is 0.138 bits per heavy atom. The van der Waals surface area contributed by atoms with Crippen LogP contribution in [0.4, 0.5) is 0 Å². The maximum absolute atomic E-state index is 5.19. The highest BCUT2D eigenvalue weighted by atomic mass is 15.0. The van der Waals surface area contributed by atoms with E-state index in [0.717, 1.165) is 89.2 Å². The van der Waals surface area contributed by atoms with E-state index < -0.39 is 0 Å². The molecule has 0 saturated carbocycles. The van der Waals surface area contributed by atoms with Crippen LogP contribution in [0.1, 0.15) is 49.9 Å². The second kappa shape index (κ2) is 35.0. The van der Waals surface area contributed by atoms with Crippen molar-refractivity contribution in [3.63, 3.8) is 0 Å². The fourth-order valence-corrected chi connectivity index (χ4v) is 20.5. The van der Waals surface area contributed by atoms with Crippen LogP contribution in [0.2, 0.25) is 0 Å². The van der Waals surface area contributed by atoms with Crippen molar-refractivity contribution in [3.8, 4) is 169 Å². The Kier molecular flexibility index (Phi) is 21.2. The molecule has 21 aromatic carbocycles. The zero-order valence-corrected chi connectivity index (χ0v) is 76.6. The maximum atomic E-state index is 5.19. The fraction of sp³-hybridized carbons (Fsp3) is 0.0462. The summed E-state index contributed by atoms with van der Waals surface area (Å²) in [5.41, 5.74) is 30.5. The van der Waals surface area contributed by atoms with Gasteiger partial charge in [0.05, 0.1) is 11.4 Å². The highest BCUT2D eigenvalue weighted by Crippen LogP contribution is 2.54. The van der Waals surface area contributed by atoms with E-state index in [9.17, 15) is 0 Å². The maximum Gasteiger partial charge on any atom is 0.164 e. The second-order valence-corrected chi connectivity index (χ2v) is 36.8. The van der Waals surface area contributed by atoms with Crippen molar-refractivity contribution >= 4 is 64.6 Å². The summed E-state index contributed by atoms with van der Waals surface area (Å²) in [4.78, 5) is 40.7. The number of hydrogen-bond donors (Lipinski definition) is 0. The summed E-state index contributed by atoms with van der Waals surface area (Å²) in [5.74, 6) is 4.72. The minimum Gasteiger partial charge on any atom is -0.228 e. The summed E-state index contributed by atoms with van der Waals surface area (Å²) in [7, 11) is 0. The lowest BCUT2D eigenvalue weighted by Crippen LogP contribution is -2.15. The van der Waals surface area contributed by atoms with Crippen LogP contribution in [0.5, 0.6) is 0 Å². The number of fused-ring (bicyclic) bond motifs is 14. The molecule has 0 aliphatic heterocycles. The monoisotopic (exact) mass is 1760 g/mol. The van der Waals surface area contributed by atoms with Gasteiger partial charge in [0.25, 0.3) is 0 Å². The largest absolute Gasteiger partial charge is 0.228 e. The molecule has 3 heterocycles. The average Bonchev–Trinajstić information content (AvgIpc) is 1.54. The molecule has 0 unspecified atom stereocenters. The lowest BCUT2D eigenvalue weighted by atomic mass is 9.81. The first-order valence-corrected chi connectivity index (χ1v) is 47.2. The second-order valence-electron chi connectivity index (χ2n) is 36.8. The number of nitrogens with zero attached hydrogens (tertiary/aromatic N) is 8. The molecule has 0 saturated heterocycles. The number of rotatable bonds is 13. The highest BCUT2D eigenvalue weighted by Gasteiger charge is 2.38. The molecule has 0 atom stereocenters. The molecular formula is C130H90N8. The van der Waals surface area contributed by atoms with Gasteiger partial charge in [-0.2, -0.15) is 0 Å². The normalized spacial score (nSPS) is 12.5. The zero-order valence-electron chi connectivity index (χ0n) is 76.6. The molecule has 26 rings (SSSR count). The van der Waals surface area contributed by atoms with Crippen LogP contribution < -0.4 is 0 Å². The highest BCUT2D eigenvalue weighted by molar-refractivity contribution is 6.09. The van der Waals surface area contributed by atoms with E-state index >= 15 is 0 Å². The van der Waals surface area contributed by atoms with Gasteiger partial charge in [0.1, 0.15) is 0 Å². The van der Waals surface area contributed by atoms with E-state index in [-0.39, 0.29) is 10.8 Å². The molecule has 3 aromatic heterocycles. The fourth-order valence-electron chi connectivity index (χ4n) is 20.5. The van der Waals surface area contributed by atoms with Crippen molar-refractivity contribution < 1.29 is 0 Å². The SMILES string of the molecule is CC1(C)c2cc(-c3nc(-c4ccccc4)nc(-c4ccc(-c5ccccc5)cc4)n3)ccc2-c2c1ccc1ccccc21.CC1(C)c2ccccc2-c2ccc(-c3nc(-c4ccc(-c5ccccc5)cc4)nc(-c4ccc5c(ccc6ccccc65)c4)n3)cc21.c1ccc2c(-c3ccc(-c4cc(-c5ccc(-c6cccc7ccccc67)cc5)nc(-c5cccc6ccccc56)n4)cc3)cccc2c1. The minimum atomic E-state index is -0.143. The minimum absolute atomic E-state index is 0.116. The van der Waals surface area contributed by atoms with Crippen molar-refractivity contribution in [3.05, 3.63) is 495 Å². The van der Waals surface area contributed by atoms with Gasteiger partial charge in [-0.3, -0.25) is 0 Å². The van der Waals surface area contributed by atoms with Crippen molar-refractivity contribution in [2.45, 2.75) is 38.5 Å². The number of hydrogen-bond acceptors (Lipinski definition) is 8. The number of benzene rings is 21. The van der Waals surface area contributed by atoms with Gasteiger partial charge in [-0.25, -0.2) is 39.9 Å². The Morgan fingerprint density at radius 3 is 0.928 bits per heavy atom. The molecule has 0 fully saturated rings. The molecule has 2 aliphatic carbocycles. The molecule has 8 heteroatoms. The first kappa shape index (κ1) is 83.4. The molecule has 138 heavy (non-hydrogen) atoms. The third-order valence-corrected chi connectivity index (χ3v) is 27.8. The first-order chi connectivity index (χ1) is 67.9.